The second kappa shape index (κ2) is 6.77. The largest absolute Gasteiger partial charge is 0.497 e. The summed E-state index contributed by atoms with van der Waals surface area (Å²) in [7, 11) is 1.67. The number of methoxy groups -OCH3 is 1. The first-order valence-electron chi connectivity index (χ1n) is 6.86. The Balaban J connectivity index is 2.26. The maximum absolute atomic E-state index is 9.34. The minimum absolute atomic E-state index is 0.0403. The molecule has 1 atom stereocenters. The number of nitriles is 1. The lowest BCUT2D eigenvalue weighted by atomic mass is 9.93. The monoisotopic (exact) mass is 265 g/mol. The molecule has 0 bridgehead atoms. The van der Waals surface area contributed by atoms with E-state index in [2.05, 4.69) is 24.8 Å². The highest BCUT2D eigenvalue weighted by Crippen LogP contribution is 2.27. The Bertz CT molecular complexity index is 639. The van der Waals surface area contributed by atoms with Crippen molar-refractivity contribution in [2.75, 3.05) is 7.11 Å². The zero-order valence-corrected chi connectivity index (χ0v) is 11.8. The van der Waals surface area contributed by atoms with E-state index < -0.39 is 0 Å². The molecule has 0 spiro atoms. The molecule has 0 N–H and O–H groups in total. The van der Waals surface area contributed by atoms with Gasteiger partial charge in [0.15, 0.2) is 0 Å². The average Bonchev–Trinajstić information content (AvgIpc) is 2.50. The van der Waals surface area contributed by atoms with Gasteiger partial charge < -0.3 is 4.74 Å². The van der Waals surface area contributed by atoms with Crippen molar-refractivity contribution in [3.8, 4) is 11.8 Å². The van der Waals surface area contributed by atoms with Crippen molar-refractivity contribution in [1.82, 2.24) is 0 Å². The molecular weight excluding hydrogens is 246 g/mol. The highest BCUT2D eigenvalue weighted by Gasteiger charge is 2.10. The van der Waals surface area contributed by atoms with E-state index in [0.717, 1.165) is 41.3 Å². The van der Waals surface area contributed by atoms with Gasteiger partial charge in [0.1, 0.15) is 5.75 Å². The molecule has 0 aliphatic carbocycles. The fraction of sp³-hybridized carbons (Fsp3) is 0.278. The van der Waals surface area contributed by atoms with Gasteiger partial charge in [-0.25, -0.2) is 0 Å². The topological polar surface area (TPSA) is 33.0 Å². The van der Waals surface area contributed by atoms with Gasteiger partial charge in [0.05, 0.1) is 19.1 Å². The number of unbranched alkanes of at least 4 members (excludes halogenated alkanes) is 1. The van der Waals surface area contributed by atoms with Crippen LogP contribution in [-0.2, 0) is 0 Å². The molecule has 0 aliphatic rings. The van der Waals surface area contributed by atoms with Crippen molar-refractivity contribution >= 4 is 10.8 Å². The van der Waals surface area contributed by atoms with Gasteiger partial charge in [-0.2, -0.15) is 5.26 Å². The summed E-state index contributed by atoms with van der Waals surface area (Å²) in [4.78, 5) is 0. The Hall–Kier alpha value is -2.27. The van der Waals surface area contributed by atoms with E-state index >= 15 is 0 Å². The van der Waals surface area contributed by atoms with Crippen LogP contribution in [0.15, 0.2) is 49.1 Å². The minimum atomic E-state index is -0.0403. The molecule has 102 valence electrons. The van der Waals surface area contributed by atoms with Crippen molar-refractivity contribution in [2.24, 2.45) is 0 Å². The SMILES string of the molecule is C=CCCCC(C#N)c1ccc2cc(OC)ccc2c1. The highest BCUT2D eigenvalue weighted by atomic mass is 16.5. The quantitative estimate of drug-likeness (QED) is 0.554. The summed E-state index contributed by atoms with van der Waals surface area (Å²) in [6.45, 7) is 3.72. The smallest absolute Gasteiger partial charge is 0.119 e. The summed E-state index contributed by atoms with van der Waals surface area (Å²) in [5.41, 5.74) is 1.09. The summed E-state index contributed by atoms with van der Waals surface area (Å²) in [5, 5.41) is 11.6. The normalized spacial score (nSPS) is 11.8. The Morgan fingerprint density at radius 3 is 2.70 bits per heavy atom. The Morgan fingerprint density at radius 2 is 2.00 bits per heavy atom. The molecule has 0 saturated heterocycles. The van der Waals surface area contributed by atoms with Gasteiger partial charge in [-0.3, -0.25) is 0 Å². The lowest BCUT2D eigenvalue weighted by Crippen LogP contribution is -1.96. The third-order valence-corrected chi connectivity index (χ3v) is 3.53. The summed E-state index contributed by atoms with van der Waals surface area (Å²) < 4.78 is 5.22. The molecule has 0 heterocycles. The zero-order chi connectivity index (χ0) is 14.4. The van der Waals surface area contributed by atoms with Crippen molar-refractivity contribution < 1.29 is 4.74 Å². The average molecular weight is 265 g/mol. The number of fused-ring (bicyclic) bond motifs is 1. The molecule has 0 aliphatic heterocycles. The van der Waals surface area contributed by atoms with Gasteiger partial charge in [0.25, 0.3) is 0 Å². The summed E-state index contributed by atoms with van der Waals surface area (Å²) in [5.74, 6) is 0.814. The zero-order valence-electron chi connectivity index (χ0n) is 11.8. The van der Waals surface area contributed by atoms with Crippen LogP contribution in [0.4, 0.5) is 0 Å². The van der Waals surface area contributed by atoms with Crippen molar-refractivity contribution in [1.29, 1.82) is 5.26 Å². The number of benzene rings is 2. The molecule has 0 radical (unpaired) electrons. The fourth-order valence-electron chi connectivity index (χ4n) is 2.36. The van der Waals surface area contributed by atoms with Crippen molar-refractivity contribution in [2.45, 2.75) is 25.2 Å². The van der Waals surface area contributed by atoms with Crippen LogP contribution in [0.25, 0.3) is 10.8 Å². The second-order valence-electron chi connectivity index (χ2n) is 4.87. The van der Waals surface area contributed by atoms with E-state index in [0.29, 0.717) is 0 Å². The van der Waals surface area contributed by atoms with E-state index in [1.54, 1.807) is 7.11 Å². The minimum Gasteiger partial charge on any atom is -0.497 e. The first-order chi connectivity index (χ1) is 9.78. The van der Waals surface area contributed by atoms with E-state index in [-0.39, 0.29) is 5.92 Å². The lowest BCUT2D eigenvalue weighted by Gasteiger charge is -2.10. The number of ether oxygens (including phenoxy) is 1. The molecule has 2 heteroatoms. The molecule has 2 rings (SSSR count). The number of hydrogen-bond acceptors (Lipinski definition) is 2. The van der Waals surface area contributed by atoms with E-state index in [1.807, 2.05) is 30.3 Å². The van der Waals surface area contributed by atoms with Crippen molar-refractivity contribution in [3.05, 3.63) is 54.6 Å². The maximum Gasteiger partial charge on any atom is 0.119 e. The summed E-state index contributed by atoms with van der Waals surface area (Å²) in [6.07, 6.45) is 4.75. The van der Waals surface area contributed by atoms with Crippen LogP contribution in [0.1, 0.15) is 30.7 Å². The second-order valence-corrected chi connectivity index (χ2v) is 4.87. The molecule has 2 aromatic rings. The van der Waals surface area contributed by atoms with Gasteiger partial charge >= 0.3 is 0 Å². The van der Waals surface area contributed by atoms with Gasteiger partial charge in [-0.15, -0.1) is 6.58 Å². The molecule has 1 unspecified atom stereocenters. The van der Waals surface area contributed by atoms with Crippen LogP contribution in [0.5, 0.6) is 5.75 Å². The highest BCUT2D eigenvalue weighted by molar-refractivity contribution is 5.84. The predicted octanol–water partition coefficient (Wildman–Crippen LogP) is 4.81. The molecular formula is C18H19NO. The van der Waals surface area contributed by atoms with Crippen LogP contribution >= 0.6 is 0 Å². The lowest BCUT2D eigenvalue weighted by molar-refractivity contribution is 0.415. The van der Waals surface area contributed by atoms with Gasteiger partial charge in [0.2, 0.25) is 0 Å². The van der Waals surface area contributed by atoms with Crippen LogP contribution in [-0.4, -0.2) is 7.11 Å². The molecule has 0 fully saturated rings. The number of rotatable bonds is 6. The molecule has 0 aromatic heterocycles. The first-order valence-corrected chi connectivity index (χ1v) is 6.86. The Morgan fingerprint density at radius 1 is 1.25 bits per heavy atom. The van der Waals surface area contributed by atoms with Crippen molar-refractivity contribution in [3.63, 3.8) is 0 Å². The fourth-order valence-corrected chi connectivity index (χ4v) is 2.36. The van der Waals surface area contributed by atoms with E-state index in [9.17, 15) is 5.26 Å². The molecule has 0 amide bonds. The first kappa shape index (κ1) is 14.1. The summed E-state index contributed by atoms with van der Waals surface area (Å²) >= 11 is 0. The molecule has 20 heavy (non-hydrogen) atoms. The van der Waals surface area contributed by atoms with Crippen LogP contribution in [0, 0.1) is 11.3 Å². The van der Waals surface area contributed by atoms with E-state index in [4.69, 9.17) is 4.74 Å². The number of hydrogen-bond donors (Lipinski definition) is 0. The predicted molar refractivity (Wildman–Crippen MR) is 82.9 cm³/mol. The molecule has 0 saturated carbocycles. The Kier molecular flexibility index (Phi) is 4.79. The summed E-state index contributed by atoms with van der Waals surface area (Å²) in [6, 6.07) is 14.6. The van der Waals surface area contributed by atoms with Gasteiger partial charge in [0, 0.05) is 0 Å². The Labute approximate surface area is 120 Å². The number of nitrogens with zero attached hydrogens (tertiary/aromatic N) is 1. The third kappa shape index (κ3) is 3.19. The number of allylic oxidation sites excluding steroid dienone is 1. The third-order valence-electron chi connectivity index (χ3n) is 3.53. The standard InChI is InChI=1S/C18H19NO/c1-3-4-5-6-17(13-19)15-7-8-16-12-18(20-2)10-9-14(16)11-15/h3,7-12,17H,1,4-6H2,2H3. The van der Waals surface area contributed by atoms with Crippen LogP contribution in [0.2, 0.25) is 0 Å². The van der Waals surface area contributed by atoms with Gasteiger partial charge in [-0.05, 0) is 53.8 Å². The molecule has 2 nitrogen and oxygen atoms in total. The van der Waals surface area contributed by atoms with E-state index in [1.165, 1.54) is 0 Å². The molecule has 2 aromatic carbocycles. The van der Waals surface area contributed by atoms with Crippen LogP contribution < -0.4 is 4.74 Å². The maximum atomic E-state index is 9.34. The van der Waals surface area contributed by atoms with Gasteiger partial charge in [-0.1, -0.05) is 24.3 Å². The van der Waals surface area contributed by atoms with Crippen LogP contribution in [0.3, 0.4) is 0 Å².